The maximum absolute atomic E-state index is 11.0. The minimum absolute atomic E-state index is 0.0369. The average Bonchev–Trinajstić information content (AvgIpc) is 2.00. The van der Waals surface area contributed by atoms with Gasteiger partial charge in [0.2, 0.25) is 15.9 Å². The summed E-state index contributed by atoms with van der Waals surface area (Å²) in [7, 11) is -3.35. The molecule has 1 N–H and O–H groups in total. The van der Waals surface area contributed by atoms with Gasteiger partial charge in [-0.25, -0.2) is 8.42 Å². The van der Waals surface area contributed by atoms with Gasteiger partial charge in [-0.3, -0.25) is 9.52 Å². The molecule has 0 spiro atoms. The zero-order valence-corrected chi connectivity index (χ0v) is 8.28. The van der Waals surface area contributed by atoms with Gasteiger partial charge in [0.25, 0.3) is 0 Å². The standard InChI is InChI=1S/C7H15NO3S/c1-3-5-6-12(10,11)8-7(9)4-2/h3-6H2,1-2H3,(H,8,9). The molecular weight excluding hydrogens is 178 g/mol. The van der Waals surface area contributed by atoms with E-state index in [2.05, 4.69) is 0 Å². The molecule has 0 aliphatic carbocycles. The lowest BCUT2D eigenvalue weighted by Crippen LogP contribution is -2.31. The molecule has 0 fully saturated rings. The molecule has 72 valence electrons. The Hall–Kier alpha value is -0.580. The van der Waals surface area contributed by atoms with Crippen LogP contribution in [-0.2, 0) is 14.8 Å². The number of sulfonamides is 1. The van der Waals surface area contributed by atoms with Crippen LogP contribution in [0.2, 0.25) is 0 Å². The lowest BCUT2D eigenvalue weighted by molar-refractivity contribution is -0.119. The number of rotatable bonds is 5. The molecule has 0 saturated heterocycles. The summed E-state index contributed by atoms with van der Waals surface area (Å²) in [6, 6.07) is 0. The van der Waals surface area contributed by atoms with Crippen molar-refractivity contribution < 1.29 is 13.2 Å². The lowest BCUT2D eigenvalue weighted by Gasteiger charge is -2.03. The Morgan fingerprint density at radius 3 is 2.33 bits per heavy atom. The minimum Gasteiger partial charge on any atom is -0.274 e. The van der Waals surface area contributed by atoms with E-state index in [1.165, 1.54) is 0 Å². The third-order valence-electron chi connectivity index (χ3n) is 1.36. The van der Waals surface area contributed by atoms with E-state index < -0.39 is 15.9 Å². The largest absolute Gasteiger partial charge is 0.274 e. The van der Waals surface area contributed by atoms with Crippen LogP contribution >= 0.6 is 0 Å². The average molecular weight is 193 g/mol. The summed E-state index contributed by atoms with van der Waals surface area (Å²) in [4.78, 5) is 10.7. The van der Waals surface area contributed by atoms with Crippen LogP contribution in [0.5, 0.6) is 0 Å². The molecular formula is C7H15NO3S. The third kappa shape index (κ3) is 5.12. The zero-order chi connectivity index (χ0) is 9.61. The van der Waals surface area contributed by atoms with E-state index >= 15 is 0 Å². The number of nitrogens with one attached hydrogen (secondary N) is 1. The molecule has 0 aliphatic rings. The zero-order valence-electron chi connectivity index (χ0n) is 7.46. The second-order valence-electron chi connectivity index (χ2n) is 2.55. The maximum atomic E-state index is 11.0. The smallest absolute Gasteiger partial charge is 0.234 e. The molecule has 0 saturated carbocycles. The van der Waals surface area contributed by atoms with Crippen LogP contribution in [0.25, 0.3) is 0 Å². The number of carbonyl (C=O) groups excluding carboxylic acids is 1. The number of hydrogen-bond donors (Lipinski definition) is 1. The van der Waals surface area contributed by atoms with E-state index in [0.717, 1.165) is 6.42 Å². The van der Waals surface area contributed by atoms with Gasteiger partial charge in [-0.1, -0.05) is 20.3 Å². The van der Waals surface area contributed by atoms with Crippen molar-refractivity contribution in [1.29, 1.82) is 0 Å². The van der Waals surface area contributed by atoms with Gasteiger partial charge in [0.05, 0.1) is 5.75 Å². The Bertz CT molecular complexity index is 233. The quantitative estimate of drug-likeness (QED) is 0.697. The van der Waals surface area contributed by atoms with Crippen LogP contribution < -0.4 is 4.72 Å². The van der Waals surface area contributed by atoms with Crippen LogP contribution in [0, 0.1) is 0 Å². The first-order valence-electron chi connectivity index (χ1n) is 4.05. The molecule has 0 atom stereocenters. The summed E-state index contributed by atoms with van der Waals surface area (Å²) in [6.45, 7) is 3.52. The lowest BCUT2D eigenvalue weighted by atomic mass is 10.4. The van der Waals surface area contributed by atoms with Crippen molar-refractivity contribution in [2.75, 3.05) is 5.75 Å². The normalized spacial score (nSPS) is 11.2. The van der Waals surface area contributed by atoms with Crippen molar-refractivity contribution in [2.24, 2.45) is 0 Å². The van der Waals surface area contributed by atoms with Gasteiger partial charge in [-0.2, -0.15) is 0 Å². The number of amides is 1. The fraction of sp³-hybridized carbons (Fsp3) is 0.857. The van der Waals surface area contributed by atoms with Crippen molar-refractivity contribution in [1.82, 2.24) is 4.72 Å². The Balaban J connectivity index is 3.96. The molecule has 0 unspecified atom stereocenters. The van der Waals surface area contributed by atoms with E-state index in [-0.39, 0.29) is 12.2 Å². The molecule has 5 heteroatoms. The third-order valence-corrected chi connectivity index (χ3v) is 2.72. The van der Waals surface area contributed by atoms with E-state index in [1.54, 1.807) is 6.92 Å². The van der Waals surface area contributed by atoms with E-state index in [1.807, 2.05) is 11.6 Å². The first kappa shape index (κ1) is 11.4. The molecule has 0 heterocycles. The fourth-order valence-electron chi connectivity index (χ4n) is 0.631. The van der Waals surface area contributed by atoms with Gasteiger partial charge in [-0.05, 0) is 6.42 Å². The topological polar surface area (TPSA) is 63.2 Å². The predicted molar refractivity (Wildman–Crippen MR) is 47.1 cm³/mol. The highest BCUT2D eigenvalue weighted by molar-refractivity contribution is 7.90. The summed E-state index contributed by atoms with van der Waals surface area (Å²) >= 11 is 0. The Kier molecular flexibility index (Phi) is 4.89. The number of carbonyl (C=O) groups is 1. The predicted octanol–water partition coefficient (Wildman–Crippen LogP) is 0.643. The van der Waals surface area contributed by atoms with Crippen LogP contribution in [0.3, 0.4) is 0 Å². The van der Waals surface area contributed by atoms with Crippen LogP contribution in [-0.4, -0.2) is 20.1 Å². The molecule has 0 radical (unpaired) electrons. The minimum atomic E-state index is -3.35. The first-order valence-corrected chi connectivity index (χ1v) is 5.70. The Labute approximate surface area is 73.4 Å². The second-order valence-corrected chi connectivity index (χ2v) is 4.39. The van der Waals surface area contributed by atoms with E-state index in [4.69, 9.17) is 0 Å². The van der Waals surface area contributed by atoms with Gasteiger partial charge in [0, 0.05) is 6.42 Å². The van der Waals surface area contributed by atoms with Crippen LogP contribution in [0.4, 0.5) is 0 Å². The summed E-state index contributed by atoms with van der Waals surface area (Å²) < 4.78 is 24.0. The van der Waals surface area contributed by atoms with Crippen LogP contribution in [0.1, 0.15) is 33.1 Å². The first-order chi connectivity index (χ1) is 5.52. The molecule has 0 aromatic heterocycles. The monoisotopic (exact) mass is 193 g/mol. The number of unbranched alkanes of at least 4 members (excludes halogenated alkanes) is 1. The highest BCUT2D eigenvalue weighted by Gasteiger charge is 2.11. The van der Waals surface area contributed by atoms with Crippen molar-refractivity contribution >= 4 is 15.9 Å². The van der Waals surface area contributed by atoms with Crippen molar-refractivity contribution in [2.45, 2.75) is 33.1 Å². The second kappa shape index (κ2) is 5.13. The van der Waals surface area contributed by atoms with E-state index in [9.17, 15) is 13.2 Å². The van der Waals surface area contributed by atoms with Crippen LogP contribution in [0.15, 0.2) is 0 Å². The molecule has 4 nitrogen and oxygen atoms in total. The summed E-state index contributed by atoms with van der Waals surface area (Å²) in [5, 5.41) is 0. The SMILES string of the molecule is CCCCS(=O)(=O)NC(=O)CC. The van der Waals surface area contributed by atoms with E-state index in [0.29, 0.717) is 6.42 Å². The Morgan fingerprint density at radius 1 is 1.33 bits per heavy atom. The molecule has 0 aliphatic heterocycles. The maximum Gasteiger partial charge on any atom is 0.234 e. The molecule has 0 aromatic rings. The van der Waals surface area contributed by atoms with Gasteiger partial charge >= 0.3 is 0 Å². The molecule has 0 bridgehead atoms. The van der Waals surface area contributed by atoms with Gasteiger partial charge in [0.1, 0.15) is 0 Å². The number of hydrogen-bond acceptors (Lipinski definition) is 3. The van der Waals surface area contributed by atoms with Gasteiger partial charge < -0.3 is 0 Å². The molecule has 12 heavy (non-hydrogen) atoms. The fourth-order valence-corrected chi connectivity index (χ4v) is 1.89. The molecule has 1 amide bonds. The molecule has 0 rings (SSSR count). The summed E-state index contributed by atoms with van der Waals surface area (Å²) in [6.07, 6.45) is 1.60. The highest BCUT2D eigenvalue weighted by atomic mass is 32.2. The van der Waals surface area contributed by atoms with Crippen molar-refractivity contribution in [3.8, 4) is 0 Å². The van der Waals surface area contributed by atoms with Crippen molar-refractivity contribution in [3.63, 3.8) is 0 Å². The van der Waals surface area contributed by atoms with Gasteiger partial charge in [0.15, 0.2) is 0 Å². The van der Waals surface area contributed by atoms with Crippen molar-refractivity contribution in [3.05, 3.63) is 0 Å². The highest BCUT2D eigenvalue weighted by Crippen LogP contribution is 1.93. The van der Waals surface area contributed by atoms with Gasteiger partial charge in [-0.15, -0.1) is 0 Å². The Morgan fingerprint density at radius 2 is 1.92 bits per heavy atom. The summed E-state index contributed by atoms with van der Waals surface area (Å²) in [5.41, 5.74) is 0. The molecule has 0 aromatic carbocycles. The summed E-state index contributed by atoms with van der Waals surface area (Å²) in [5.74, 6) is -0.402.